The summed E-state index contributed by atoms with van der Waals surface area (Å²) in [5.41, 5.74) is 0.909. The summed E-state index contributed by atoms with van der Waals surface area (Å²) in [7, 11) is -2.22. The van der Waals surface area contributed by atoms with Gasteiger partial charge in [0.2, 0.25) is 5.88 Å². The lowest BCUT2D eigenvalue weighted by Gasteiger charge is -2.20. The Balaban J connectivity index is 1.84. The maximum atomic E-state index is 13.7. The Hall–Kier alpha value is -4.52. The number of ether oxygens (including phenoxy) is 4. The van der Waals surface area contributed by atoms with Crippen molar-refractivity contribution in [3.05, 3.63) is 71.5 Å². The first kappa shape index (κ1) is 31.4. The highest BCUT2D eigenvalue weighted by Crippen LogP contribution is 2.37. The lowest BCUT2D eigenvalue weighted by atomic mass is 10.1. The first-order valence-electron chi connectivity index (χ1n) is 12.6. The molecule has 15 heteroatoms. The predicted octanol–water partition coefficient (Wildman–Crippen LogP) is 2.93. The van der Waals surface area contributed by atoms with Gasteiger partial charge in [-0.1, -0.05) is 18.2 Å². The minimum absolute atomic E-state index is 0.0143. The van der Waals surface area contributed by atoms with E-state index in [1.165, 1.54) is 51.2 Å². The number of pyridine rings is 1. The van der Waals surface area contributed by atoms with Crippen LogP contribution in [-0.2, 0) is 30.2 Å². The molecule has 0 aliphatic rings. The Morgan fingerprint density at radius 3 is 2.16 bits per heavy atom. The summed E-state index contributed by atoms with van der Waals surface area (Å²) in [5.74, 6) is 0.0114. The second-order valence-electron chi connectivity index (χ2n) is 9.27. The average Bonchev–Trinajstić information content (AvgIpc) is 3.40. The van der Waals surface area contributed by atoms with Gasteiger partial charge in [-0.15, -0.1) is 10.2 Å². The van der Waals surface area contributed by atoms with E-state index in [0.717, 1.165) is 6.26 Å². The van der Waals surface area contributed by atoms with Crippen molar-refractivity contribution in [1.82, 2.24) is 19.7 Å². The molecule has 0 saturated carbocycles. The van der Waals surface area contributed by atoms with Crippen LogP contribution in [0.3, 0.4) is 0 Å². The predicted molar refractivity (Wildman–Crippen MR) is 156 cm³/mol. The minimum atomic E-state index is -4.06. The molecule has 13 nitrogen and oxygen atoms in total. The highest BCUT2D eigenvalue weighted by Gasteiger charge is 2.30. The summed E-state index contributed by atoms with van der Waals surface area (Å²) in [4.78, 5) is 4.25. The van der Waals surface area contributed by atoms with Crippen LogP contribution >= 0.6 is 0 Å². The number of nitriles is 1. The van der Waals surface area contributed by atoms with E-state index >= 15 is 0 Å². The number of sulfone groups is 2. The Morgan fingerprint density at radius 2 is 1.58 bits per heavy atom. The van der Waals surface area contributed by atoms with E-state index in [4.69, 9.17) is 18.9 Å². The summed E-state index contributed by atoms with van der Waals surface area (Å²) in [5, 5.41) is 17.7. The quantitative estimate of drug-likeness (QED) is 0.225. The van der Waals surface area contributed by atoms with Crippen molar-refractivity contribution < 1.29 is 35.8 Å². The van der Waals surface area contributed by atoms with Gasteiger partial charge in [0.05, 0.1) is 49.7 Å². The molecule has 0 radical (unpaired) electrons. The number of rotatable bonds is 12. The number of nitrogens with zero attached hydrogens (tertiary/aromatic N) is 5. The zero-order valence-corrected chi connectivity index (χ0v) is 25.6. The summed E-state index contributed by atoms with van der Waals surface area (Å²) < 4.78 is 75.9. The molecule has 4 aromatic rings. The maximum absolute atomic E-state index is 13.7. The van der Waals surface area contributed by atoms with Gasteiger partial charge >= 0.3 is 0 Å². The van der Waals surface area contributed by atoms with E-state index in [1.54, 1.807) is 36.4 Å². The Bertz CT molecular complexity index is 1880. The Kier molecular flexibility index (Phi) is 9.34. The SMILES string of the molecule is COc1cccc(-c2nnc(CS(=O)(=O)C[C@H](OC)c3ccc(C#N)cc3S(C)(=O)=O)n2-c2c(OC)cccc2OC)n1. The molecular weight excluding hydrogens is 598 g/mol. The van der Waals surface area contributed by atoms with Gasteiger partial charge in [-0.2, -0.15) is 5.26 Å². The lowest BCUT2D eigenvalue weighted by Crippen LogP contribution is -2.21. The summed E-state index contributed by atoms with van der Waals surface area (Å²) in [6.45, 7) is 0. The molecule has 2 aromatic carbocycles. The van der Waals surface area contributed by atoms with Crippen LogP contribution in [0.5, 0.6) is 17.4 Å². The van der Waals surface area contributed by atoms with Gasteiger partial charge < -0.3 is 18.9 Å². The van der Waals surface area contributed by atoms with Crippen molar-refractivity contribution in [1.29, 1.82) is 5.26 Å². The van der Waals surface area contributed by atoms with Crippen LogP contribution in [0.4, 0.5) is 0 Å². The highest BCUT2D eigenvalue weighted by molar-refractivity contribution is 7.91. The smallest absolute Gasteiger partial charge is 0.213 e. The van der Waals surface area contributed by atoms with Crippen LogP contribution in [0.2, 0.25) is 0 Å². The maximum Gasteiger partial charge on any atom is 0.213 e. The molecule has 0 aliphatic carbocycles. The monoisotopic (exact) mass is 627 g/mol. The first-order chi connectivity index (χ1) is 20.5. The summed E-state index contributed by atoms with van der Waals surface area (Å²) in [6, 6.07) is 16.0. The van der Waals surface area contributed by atoms with Crippen molar-refractivity contribution in [2.24, 2.45) is 0 Å². The van der Waals surface area contributed by atoms with E-state index in [2.05, 4.69) is 15.2 Å². The van der Waals surface area contributed by atoms with Crippen molar-refractivity contribution in [2.45, 2.75) is 16.8 Å². The molecule has 1 atom stereocenters. The molecule has 0 spiro atoms. The fraction of sp³-hybridized carbons (Fsp3) is 0.286. The zero-order chi connectivity index (χ0) is 31.4. The molecule has 0 aliphatic heterocycles. The third kappa shape index (κ3) is 6.77. The van der Waals surface area contributed by atoms with E-state index in [1.807, 2.05) is 6.07 Å². The number of benzene rings is 2. The minimum Gasteiger partial charge on any atom is -0.494 e. The topological polar surface area (TPSA) is 173 Å². The van der Waals surface area contributed by atoms with Crippen molar-refractivity contribution in [3.63, 3.8) is 0 Å². The Morgan fingerprint density at radius 1 is 0.907 bits per heavy atom. The molecular formula is C28H29N5O8S2. The molecule has 0 bridgehead atoms. The molecule has 4 rings (SSSR count). The van der Waals surface area contributed by atoms with Gasteiger partial charge in [0.25, 0.3) is 0 Å². The molecule has 0 amide bonds. The molecule has 0 fully saturated rings. The molecule has 0 unspecified atom stereocenters. The van der Waals surface area contributed by atoms with Crippen LogP contribution in [0.15, 0.2) is 59.5 Å². The number of para-hydroxylation sites is 1. The normalized spacial score (nSPS) is 12.4. The molecule has 43 heavy (non-hydrogen) atoms. The molecule has 0 saturated heterocycles. The van der Waals surface area contributed by atoms with Crippen LogP contribution in [0.1, 0.15) is 23.1 Å². The molecule has 0 N–H and O–H groups in total. The van der Waals surface area contributed by atoms with Crippen molar-refractivity contribution in [3.8, 4) is 40.7 Å². The van der Waals surface area contributed by atoms with Gasteiger partial charge in [-0.3, -0.25) is 4.57 Å². The fourth-order valence-corrected chi connectivity index (χ4v) is 6.92. The standard InChI is InChI=1S/C28H29N5O8S2/c1-38-21-9-7-10-22(39-2)27(21)33-25(31-32-28(33)20-8-6-11-26(30-20)41-4)17-43(36,37)16-23(40-3)19-13-12-18(15-29)14-24(19)42(5,34)35/h6-14,23H,16-17H2,1-5H3/t23-/m0/s1. The molecule has 226 valence electrons. The van der Waals surface area contributed by atoms with E-state index in [0.29, 0.717) is 28.8 Å². The third-order valence-corrected chi connectivity index (χ3v) is 9.11. The van der Waals surface area contributed by atoms with Gasteiger partial charge in [0.1, 0.15) is 28.6 Å². The highest BCUT2D eigenvalue weighted by atomic mass is 32.2. The van der Waals surface area contributed by atoms with Crippen molar-refractivity contribution in [2.75, 3.05) is 40.4 Å². The second kappa shape index (κ2) is 12.8. The third-order valence-electron chi connectivity index (χ3n) is 6.45. The number of hydrogen-bond donors (Lipinski definition) is 0. The van der Waals surface area contributed by atoms with Crippen LogP contribution in [0, 0.1) is 11.3 Å². The first-order valence-corrected chi connectivity index (χ1v) is 16.3. The van der Waals surface area contributed by atoms with Gasteiger partial charge in [0.15, 0.2) is 31.3 Å². The number of hydrogen-bond acceptors (Lipinski definition) is 12. The molecule has 2 heterocycles. The lowest BCUT2D eigenvalue weighted by molar-refractivity contribution is 0.119. The summed E-state index contributed by atoms with van der Waals surface area (Å²) >= 11 is 0. The zero-order valence-electron chi connectivity index (χ0n) is 24.0. The van der Waals surface area contributed by atoms with Crippen molar-refractivity contribution >= 4 is 19.7 Å². The van der Waals surface area contributed by atoms with Gasteiger partial charge in [-0.05, 0) is 30.3 Å². The summed E-state index contributed by atoms with van der Waals surface area (Å²) in [6.07, 6.45) is -0.190. The largest absolute Gasteiger partial charge is 0.494 e. The van der Waals surface area contributed by atoms with E-state index in [9.17, 15) is 22.1 Å². The van der Waals surface area contributed by atoms with Crippen LogP contribution < -0.4 is 14.2 Å². The second-order valence-corrected chi connectivity index (χ2v) is 13.4. The van der Waals surface area contributed by atoms with Crippen LogP contribution in [0.25, 0.3) is 17.2 Å². The Labute approximate surface area is 249 Å². The number of aromatic nitrogens is 4. The van der Waals surface area contributed by atoms with Gasteiger partial charge in [0, 0.05) is 25.0 Å². The molecule has 2 aromatic heterocycles. The van der Waals surface area contributed by atoms with Crippen LogP contribution in [-0.4, -0.2) is 77.0 Å². The number of methoxy groups -OCH3 is 4. The van der Waals surface area contributed by atoms with Gasteiger partial charge in [-0.25, -0.2) is 21.8 Å². The average molecular weight is 628 g/mol. The fourth-order valence-electron chi connectivity index (χ4n) is 4.48. The van der Waals surface area contributed by atoms with E-state index < -0.39 is 37.3 Å². The van der Waals surface area contributed by atoms with E-state index in [-0.39, 0.29) is 27.7 Å².